The van der Waals surface area contributed by atoms with Crippen molar-refractivity contribution in [1.29, 1.82) is 0 Å². The predicted molar refractivity (Wildman–Crippen MR) is 112 cm³/mol. The highest BCUT2D eigenvalue weighted by Crippen LogP contribution is 2.41. The van der Waals surface area contributed by atoms with Crippen molar-refractivity contribution in [2.75, 3.05) is 0 Å². The molecule has 1 amide bonds. The molecule has 3 aromatic rings. The van der Waals surface area contributed by atoms with Gasteiger partial charge >= 0.3 is 0 Å². The average Bonchev–Trinajstić information content (AvgIpc) is 3.33. The van der Waals surface area contributed by atoms with E-state index in [1.54, 1.807) is 0 Å². The molecule has 1 N–H and O–H groups in total. The van der Waals surface area contributed by atoms with Gasteiger partial charge in [0.25, 0.3) is 0 Å². The monoisotopic (exact) mass is 373 g/mol. The van der Waals surface area contributed by atoms with Crippen molar-refractivity contribution < 1.29 is 4.79 Å². The molecule has 4 heteroatoms. The molecule has 3 atom stereocenters. The molecule has 0 saturated carbocycles. The number of H-pyrrole nitrogens is 1. The van der Waals surface area contributed by atoms with Gasteiger partial charge in [-0.2, -0.15) is 0 Å². The number of benzene rings is 2. The molecule has 28 heavy (non-hydrogen) atoms. The number of para-hydroxylation sites is 1. The summed E-state index contributed by atoms with van der Waals surface area (Å²) in [5.74, 6) is 1.38. The first-order valence-electron chi connectivity index (χ1n) is 10.6. The van der Waals surface area contributed by atoms with E-state index in [0.717, 1.165) is 42.5 Å². The SMILES string of the molecule is C[C@H]1CCCC[C@H]2CC[C@@H](c3nc4cccc(-c5ccccc5)c4[nH]3)N2C1=O. The van der Waals surface area contributed by atoms with Crippen LogP contribution in [0.1, 0.15) is 57.3 Å². The highest BCUT2D eigenvalue weighted by atomic mass is 16.2. The maximum atomic E-state index is 13.2. The van der Waals surface area contributed by atoms with Crippen LogP contribution in [0.15, 0.2) is 48.5 Å². The fourth-order valence-electron chi connectivity index (χ4n) is 5.04. The van der Waals surface area contributed by atoms with Crippen LogP contribution < -0.4 is 0 Å². The third kappa shape index (κ3) is 2.92. The minimum Gasteiger partial charge on any atom is -0.340 e. The van der Waals surface area contributed by atoms with Gasteiger partial charge in [-0.15, -0.1) is 0 Å². The van der Waals surface area contributed by atoms with Gasteiger partial charge in [-0.05, 0) is 37.3 Å². The lowest BCUT2D eigenvalue weighted by atomic mass is 9.95. The summed E-state index contributed by atoms with van der Waals surface area (Å²) in [6.07, 6.45) is 6.63. The Labute approximate surface area is 166 Å². The standard InChI is InChI=1S/C24H27N3O/c1-16-8-5-6-11-18-14-15-21(27(18)24(16)28)23-25-20-13-7-12-19(22(20)26-23)17-9-3-2-4-10-17/h2-4,7,9-10,12-13,16,18,21H,5-6,8,11,14-15H2,1H3,(H,25,26)/t16-,18-,21-/m0/s1. The van der Waals surface area contributed by atoms with Crippen LogP contribution in [0.5, 0.6) is 0 Å². The van der Waals surface area contributed by atoms with Crippen LogP contribution in [-0.4, -0.2) is 26.8 Å². The number of hydrogen-bond acceptors (Lipinski definition) is 2. The maximum Gasteiger partial charge on any atom is 0.226 e. The molecule has 5 rings (SSSR count). The molecular weight excluding hydrogens is 346 g/mol. The zero-order valence-electron chi connectivity index (χ0n) is 16.4. The van der Waals surface area contributed by atoms with Gasteiger partial charge in [0.1, 0.15) is 5.82 Å². The quantitative estimate of drug-likeness (QED) is 0.647. The van der Waals surface area contributed by atoms with Gasteiger partial charge in [0.05, 0.1) is 17.1 Å². The number of carbonyl (C=O) groups excluding carboxylic acids is 1. The van der Waals surface area contributed by atoms with Gasteiger partial charge in [0.15, 0.2) is 0 Å². The second-order valence-electron chi connectivity index (χ2n) is 8.37. The van der Waals surface area contributed by atoms with E-state index in [1.165, 1.54) is 24.0 Å². The number of aromatic nitrogens is 2. The third-order valence-electron chi connectivity index (χ3n) is 6.54. The van der Waals surface area contributed by atoms with E-state index >= 15 is 0 Å². The molecule has 3 heterocycles. The summed E-state index contributed by atoms with van der Waals surface area (Å²) in [5.41, 5.74) is 4.40. The highest BCUT2D eigenvalue weighted by molar-refractivity contribution is 5.92. The van der Waals surface area contributed by atoms with Crippen LogP contribution in [0.25, 0.3) is 22.2 Å². The Bertz CT molecular complexity index is 994. The second kappa shape index (κ2) is 7.08. The molecule has 0 spiro atoms. The Morgan fingerprint density at radius 2 is 1.79 bits per heavy atom. The van der Waals surface area contributed by atoms with Crippen molar-refractivity contribution in [3.8, 4) is 11.1 Å². The van der Waals surface area contributed by atoms with Crippen LogP contribution in [0, 0.1) is 5.92 Å². The summed E-state index contributed by atoms with van der Waals surface area (Å²) < 4.78 is 0. The first-order chi connectivity index (χ1) is 13.7. The number of fused-ring (bicyclic) bond motifs is 2. The molecule has 0 radical (unpaired) electrons. The minimum absolute atomic E-state index is 0.0778. The van der Waals surface area contributed by atoms with Gasteiger partial charge in [-0.1, -0.05) is 62.2 Å². The van der Waals surface area contributed by atoms with Crippen molar-refractivity contribution in [3.05, 3.63) is 54.4 Å². The smallest absolute Gasteiger partial charge is 0.226 e. The normalized spacial score (nSPS) is 25.5. The Morgan fingerprint density at radius 1 is 0.964 bits per heavy atom. The fraction of sp³-hybridized carbons (Fsp3) is 0.417. The van der Waals surface area contributed by atoms with Gasteiger partial charge in [0, 0.05) is 17.5 Å². The maximum absolute atomic E-state index is 13.2. The molecule has 2 saturated heterocycles. The van der Waals surface area contributed by atoms with Gasteiger partial charge < -0.3 is 9.88 Å². The van der Waals surface area contributed by atoms with Crippen molar-refractivity contribution in [1.82, 2.24) is 14.9 Å². The van der Waals surface area contributed by atoms with E-state index in [-0.39, 0.29) is 12.0 Å². The molecule has 1 aromatic heterocycles. The lowest BCUT2D eigenvalue weighted by molar-refractivity contribution is -0.139. The highest BCUT2D eigenvalue weighted by Gasteiger charge is 2.41. The van der Waals surface area contributed by atoms with Crippen molar-refractivity contribution >= 4 is 16.9 Å². The van der Waals surface area contributed by atoms with Crippen molar-refractivity contribution in [2.24, 2.45) is 5.92 Å². The van der Waals surface area contributed by atoms with Crippen LogP contribution in [0.3, 0.4) is 0 Å². The fourth-order valence-corrected chi connectivity index (χ4v) is 5.04. The summed E-state index contributed by atoms with van der Waals surface area (Å²) in [6.45, 7) is 2.09. The zero-order valence-corrected chi connectivity index (χ0v) is 16.4. The Hall–Kier alpha value is -2.62. The lowest BCUT2D eigenvalue weighted by Crippen LogP contribution is -2.41. The van der Waals surface area contributed by atoms with E-state index in [0.29, 0.717) is 11.9 Å². The van der Waals surface area contributed by atoms with E-state index in [4.69, 9.17) is 4.98 Å². The van der Waals surface area contributed by atoms with Gasteiger partial charge in [-0.3, -0.25) is 4.79 Å². The summed E-state index contributed by atoms with van der Waals surface area (Å²) >= 11 is 0. The van der Waals surface area contributed by atoms with Crippen LogP contribution in [0.2, 0.25) is 0 Å². The number of carbonyl (C=O) groups is 1. The Morgan fingerprint density at radius 3 is 2.64 bits per heavy atom. The van der Waals surface area contributed by atoms with Crippen LogP contribution >= 0.6 is 0 Å². The van der Waals surface area contributed by atoms with E-state index in [2.05, 4.69) is 59.3 Å². The summed E-state index contributed by atoms with van der Waals surface area (Å²) in [6, 6.07) is 17.1. The van der Waals surface area contributed by atoms with Crippen LogP contribution in [0.4, 0.5) is 0 Å². The molecule has 0 bridgehead atoms. The van der Waals surface area contributed by atoms with Gasteiger partial charge in [0.2, 0.25) is 5.91 Å². The summed E-state index contributed by atoms with van der Waals surface area (Å²) in [5, 5.41) is 0. The molecule has 2 aliphatic rings. The van der Waals surface area contributed by atoms with E-state index in [1.807, 2.05) is 6.07 Å². The molecular formula is C24H27N3O. The lowest BCUT2D eigenvalue weighted by Gasteiger charge is -2.33. The first-order valence-corrected chi connectivity index (χ1v) is 10.6. The Kier molecular flexibility index (Phi) is 4.42. The van der Waals surface area contributed by atoms with Gasteiger partial charge in [-0.25, -0.2) is 4.98 Å². The molecule has 4 nitrogen and oxygen atoms in total. The topological polar surface area (TPSA) is 49.0 Å². The molecule has 0 unspecified atom stereocenters. The second-order valence-corrected chi connectivity index (χ2v) is 8.37. The molecule has 2 aromatic carbocycles. The third-order valence-corrected chi connectivity index (χ3v) is 6.54. The zero-order chi connectivity index (χ0) is 19.1. The summed E-state index contributed by atoms with van der Waals surface area (Å²) in [4.78, 5) is 23.9. The molecule has 2 fully saturated rings. The average molecular weight is 374 g/mol. The summed E-state index contributed by atoms with van der Waals surface area (Å²) in [7, 11) is 0. The number of nitrogens with one attached hydrogen (secondary N) is 1. The number of nitrogens with zero attached hydrogens (tertiary/aromatic N) is 2. The van der Waals surface area contributed by atoms with E-state index < -0.39 is 0 Å². The van der Waals surface area contributed by atoms with Crippen LogP contribution in [-0.2, 0) is 4.79 Å². The molecule has 2 aliphatic heterocycles. The number of imidazole rings is 1. The number of rotatable bonds is 2. The predicted octanol–water partition coefficient (Wildman–Crippen LogP) is 5.47. The molecule has 144 valence electrons. The molecule has 0 aliphatic carbocycles. The number of amides is 1. The van der Waals surface area contributed by atoms with Crippen molar-refractivity contribution in [3.63, 3.8) is 0 Å². The first kappa shape index (κ1) is 17.5. The van der Waals surface area contributed by atoms with Crippen molar-refractivity contribution in [2.45, 2.75) is 57.5 Å². The minimum atomic E-state index is 0.0778. The van der Waals surface area contributed by atoms with E-state index in [9.17, 15) is 4.79 Å². The largest absolute Gasteiger partial charge is 0.340 e. The Balaban J connectivity index is 1.55. The number of hydrogen-bond donors (Lipinski definition) is 1. The number of aromatic amines is 1.